The van der Waals surface area contributed by atoms with Crippen LogP contribution in [0.5, 0.6) is 11.5 Å². The highest BCUT2D eigenvalue weighted by molar-refractivity contribution is 9.09. The van der Waals surface area contributed by atoms with Crippen LogP contribution in [0.25, 0.3) is 0 Å². The van der Waals surface area contributed by atoms with E-state index in [2.05, 4.69) is 15.9 Å². The summed E-state index contributed by atoms with van der Waals surface area (Å²) in [6.45, 7) is 2.72. The number of carbonyl (C=O) groups excluding carboxylic acids is 1. The van der Waals surface area contributed by atoms with Crippen LogP contribution in [0, 0.1) is 0 Å². The quantitative estimate of drug-likeness (QED) is 0.768. The lowest BCUT2D eigenvalue weighted by molar-refractivity contribution is 0.00491. The van der Waals surface area contributed by atoms with Crippen LogP contribution in [0.15, 0.2) is 18.2 Å². The van der Waals surface area contributed by atoms with E-state index in [9.17, 15) is 4.79 Å². The molecule has 2 aliphatic heterocycles. The molecule has 3 rings (SSSR count). The molecule has 1 atom stereocenters. The van der Waals surface area contributed by atoms with E-state index in [-0.39, 0.29) is 11.9 Å². The van der Waals surface area contributed by atoms with Crippen molar-refractivity contribution in [1.29, 1.82) is 0 Å². The Morgan fingerprint density at radius 1 is 1.30 bits per heavy atom. The van der Waals surface area contributed by atoms with Gasteiger partial charge < -0.3 is 19.1 Å². The van der Waals surface area contributed by atoms with Gasteiger partial charge in [-0.1, -0.05) is 22.0 Å². The van der Waals surface area contributed by atoms with Gasteiger partial charge in [0.2, 0.25) is 0 Å². The molecule has 0 aromatic heterocycles. The molecule has 1 amide bonds. The number of carbonyl (C=O) groups is 1. The van der Waals surface area contributed by atoms with Crippen molar-refractivity contribution in [2.75, 3.05) is 38.3 Å². The maximum atomic E-state index is 12.8. The average molecular weight is 342 g/mol. The van der Waals surface area contributed by atoms with Crippen LogP contribution in [-0.4, -0.2) is 55.2 Å². The second-order valence-corrected chi connectivity index (χ2v) is 5.36. The van der Waals surface area contributed by atoms with Crippen LogP contribution < -0.4 is 9.47 Å². The summed E-state index contributed by atoms with van der Waals surface area (Å²) in [6.07, 6.45) is 0. The van der Waals surface area contributed by atoms with Gasteiger partial charge in [-0.2, -0.15) is 0 Å². The first-order chi connectivity index (χ1) is 9.81. The summed E-state index contributed by atoms with van der Waals surface area (Å²) in [5, 5.41) is 0.700. The molecule has 0 N–H and O–H groups in total. The fourth-order valence-electron chi connectivity index (χ4n) is 2.45. The normalized spacial score (nSPS) is 21.6. The summed E-state index contributed by atoms with van der Waals surface area (Å²) < 4.78 is 16.6. The number of hydrogen-bond acceptors (Lipinski definition) is 4. The number of morpholine rings is 1. The number of hydrogen-bond donors (Lipinski definition) is 0. The van der Waals surface area contributed by atoms with Crippen molar-refractivity contribution < 1.29 is 19.0 Å². The fourth-order valence-corrected chi connectivity index (χ4v) is 2.98. The van der Waals surface area contributed by atoms with Gasteiger partial charge in [0.25, 0.3) is 5.91 Å². The summed E-state index contributed by atoms with van der Waals surface area (Å²) in [5.74, 6) is 1.18. The van der Waals surface area contributed by atoms with Crippen molar-refractivity contribution in [2.24, 2.45) is 0 Å². The van der Waals surface area contributed by atoms with E-state index in [4.69, 9.17) is 14.2 Å². The Hall–Kier alpha value is -1.27. The van der Waals surface area contributed by atoms with E-state index in [1.165, 1.54) is 0 Å². The van der Waals surface area contributed by atoms with Crippen LogP contribution >= 0.6 is 15.9 Å². The van der Waals surface area contributed by atoms with Crippen molar-refractivity contribution in [3.8, 4) is 11.5 Å². The summed E-state index contributed by atoms with van der Waals surface area (Å²) in [5.41, 5.74) is 0.565. The van der Waals surface area contributed by atoms with Gasteiger partial charge in [0.1, 0.15) is 13.2 Å². The number of amides is 1. The highest BCUT2D eigenvalue weighted by Crippen LogP contribution is 2.34. The third-order valence-corrected chi connectivity index (χ3v) is 4.21. The van der Waals surface area contributed by atoms with E-state index in [0.717, 1.165) is 0 Å². The van der Waals surface area contributed by atoms with Gasteiger partial charge in [0.15, 0.2) is 11.5 Å². The maximum absolute atomic E-state index is 12.8. The Kier molecular flexibility index (Phi) is 4.12. The number of fused-ring (bicyclic) bond motifs is 1. The van der Waals surface area contributed by atoms with Gasteiger partial charge >= 0.3 is 0 Å². The Labute approximate surface area is 125 Å². The molecule has 1 saturated heterocycles. The minimum absolute atomic E-state index is 0.0277. The number of rotatable bonds is 2. The standard InChI is InChI=1S/C14H16BrNO4/c15-8-10-9-18-5-4-16(10)14(17)11-2-1-3-12-13(11)20-7-6-19-12/h1-3,10H,4-9H2. The van der Waals surface area contributed by atoms with Crippen LogP contribution in [0.1, 0.15) is 10.4 Å². The highest BCUT2D eigenvalue weighted by Gasteiger charge is 2.30. The summed E-state index contributed by atoms with van der Waals surface area (Å²) in [6, 6.07) is 5.49. The molecule has 5 nitrogen and oxygen atoms in total. The Morgan fingerprint density at radius 2 is 2.15 bits per heavy atom. The molecule has 2 aliphatic rings. The lowest BCUT2D eigenvalue weighted by Crippen LogP contribution is -2.49. The third-order valence-electron chi connectivity index (χ3n) is 3.46. The fraction of sp³-hybridized carbons (Fsp3) is 0.500. The van der Waals surface area contributed by atoms with Crippen molar-refractivity contribution >= 4 is 21.8 Å². The number of halogens is 1. The molecule has 0 aliphatic carbocycles. The van der Waals surface area contributed by atoms with Crippen LogP contribution in [-0.2, 0) is 4.74 Å². The number of alkyl halides is 1. The van der Waals surface area contributed by atoms with E-state index >= 15 is 0 Å². The van der Waals surface area contributed by atoms with Crippen molar-refractivity contribution in [2.45, 2.75) is 6.04 Å². The van der Waals surface area contributed by atoms with Gasteiger partial charge in [-0.15, -0.1) is 0 Å². The molecule has 2 heterocycles. The van der Waals surface area contributed by atoms with Gasteiger partial charge in [0, 0.05) is 11.9 Å². The van der Waals surface area contributed by atoms with Gasteiger partial charge in [0.05, 0.1) is 24.8 Å². The van der Waals surface area contributed by atoms with E-state index in [1.807, 2.05) is 17.0 Å². The van der Waals surface area contributed by atoms with Crippen LogP contribution in [0.2, 0.25) is 0 Å². The Bertz CT molecular complexity index is 508. The van der Waals surface area contributed by atoms with Gasteiger partial charge in [-0.3, -0.25) is 4.79 Å². The topological polar surface area (TPSA) is 48.0 Å². The lowest BCUT2D eigenvalue weighted by atomic mass is 10.1. The molecular weight excluding hydrogens is 326 g/mol. The van der Waals surface area contributed by atoms with Crippen molar-refractivity contribution in [3.63, 3.8) is 0 Å². The second-order valence-electron chi connectivity index (χ2n) is 4.71. The predicted octanol–water partition coefficient (Wildman–Crippen LogP) is 1.69. The zero-order chi connectivity index (χ0) is 13.9. The minimum Gasteiger partial charge on any atom is -0.486 e. The molecule has 0 saturated carbocycles. The number of para-hydroxylation sites is 1. The zero-order valence-corrected chi connectivity index (χ0v) is 12.6. The molecule has 0 spiro atoms. The first-order valence-electron chi connectivity index (χ1n) is 6.64. The SMILES string of the molecule is O=C(c1cccc2c1OCCO2)N1CCOCC1CBr. The van der Waals surface area contributed by atoms with E-state index in [1.54, 1.807) is 6.07 Å². The van der Waals surface area contributed by atoms with E-state index in [0.29, 0.717) is 55.4 Å². The van der Waals surface area contributed by atoms with Crippen LogP contribution in [0.4, 0.5) is 0 Å². The molecule has 20 heavy (non-hydrogen) atoms. The largest absolute Gasteiger partial charge is 0.486 e. The molecule has 108 valence electrons. The average Bonchev–Trinajstić information content (AvgIpc) is 2.53. The summed E-state index contributed by atoms with van der Waals surface area (Å²) in [7, 11) is 0. The Morgan fingerprint density at radius 3 is 3.00 bits per heavy atom. The third kappa shape index (κ3) is 2.50. The monoisotopic (exact) mass is 341 g/mol. The highest BCUT2D eigenvalue weighted by atomic mass is 79.9. The molecule has 1 unspecified atom stereocenters. The van der Waals surface area contributed by atoms with Crippen molar-refractivity contribution in [3.05, 3.63) is 23.8 Å². The van der Waals surface area contributed by atoms with Gasteiger partial charge in [-0.05, 0) is 12.1 Å². The summed E-state index contributed by atoms with van der Waals surface area (Å²) >= 11 is 3.44. The second kappa shape index (κ2) is 6.01. The van der Waals surface area contributed by atoms with Crippen molar-refractivity contribution in [1.82, 2.24) is 4.90 Å². The maximum Gasteiger partial charge on any atom is 0.258 e. The van der Waals surface area contributed by atoms with Gasteiger partial charge in [-0.25, -0.2) is 0 Å². The number of nitrogens with zero attached hydrogens (tertiary/aromatic N) is 1. The molecule has 1 fully saturated rings. The molecule has 0 bridgehead atoms. The van der Waals surface area contributed by atoms with E-state index < -0.39 is 0 Å². The molecule has 0 radical (unpaired) electrons. The van der Waals surface area contributed by atoms with Crippen LogP contribution in [0.3, 0.4) is 0 Å². The predicted molar refractivity (Wildman–Crippen MR) is 76.9 cm³/mol. The first kappa shape index (κ1) is 13.7. The first-order valence-corrected chi connectivity index (χ1v) is 7.76. The number of ether oxygens (including phenoxy) is 3. The minimum atomic E-state index is -0.0277. The summed E-state index contributed by atoms with van der Waals surface area (Å²) in [4.78, 5) is 14.6. The molecule has 6 heteroatoms. The molecule has 1 aromatic rings. The number of benzene rings is 1. The molecule has 1 aromatic carbocycles. The Balaban J connectivity index is 1.90. The lowest BCUT2D eigenvalue weighted by Gasteiger charge is -2.35. The molecular formula is C14H16BrNO4. The zero-order valence-electron chi connectivity index (χ0n) is 11.0. The smallest absolute Gasteiger partial charge is 0.258 e.